The van der Waals surface area contributed by atoms with Crippen LogP contribution < -0.4 is 0 Å². The van der Waals surface area contributed by atoms with Gasteiger partial charge in [-0.15, -0.1) is 0 Å². The van der Waals surface area contributed by atoms with Crippen molar-refractivity contribution in [2.24, 2.45) is 0 Å². The van der Waals surface area contributed by atoms with E-state index in [0.717, 1.165) is 12.1 Å². The number of alkyl halides is 3. The van der Waals surface area contributed by atoms with Crippen molar-refractivity contribution < 1.29 is 27.5 Å². The summed E-state index contributed by atoms with van der Waals surface area (Å²) in [4.78, 5) is 10.2. The van der Waals surface area contributed by atoms with Crippen LogP contribution in [0.5, 0.6) is 0 Å². The number of aliphatic carboxylic acids is 1. The quantitative estimate of drug-likeness (QED) is 0.833. The number of hydrogen-bond donors (Lipinski definition) is 1. The maximum atomic E-state index is 12.7. The van der Waals surface area contributed by atoms with Crippen LogP contribution in [-0.2, 0) is 17.4 Å². The van der Waals surface area contributed by atoms with Crippen molar-refractivity contribution in [3.05, 3.63) is 35.1 Å². The Bertz CT molecular complexity index is 412. The molecule has 0 aliphatic heterocycles. The third-order valence-electron chi connectivity index (χ3n) is 2.21. The smallest absolute Gasteiger partial charge is 0.416 e. The van der Waals surface area contributed by atoms with Crippen molar-refractivity contribution in [2.75, 3.05) is 0 Å². The molecule has 2 nitrogen and oxygen atoms in total. The molecule has 0 aromatic heterocycles. The summed E-state index contributed by atoms with van der Waals surface area (Å²) in [5.74, 6) is -2.03. The molecule has 0 fully saturated rings. The lowest BCUT2D eigenvalue weighted by Crippen LogP contribution is -2.10. The van der Waals surface area contributed by atoms with Gasteiger partial charge in [-0.1, -0.05) is 6.07 Å². The second-order valence-electron chi connectivity index (χ2n) is 3.55. The average molecular weight is 250 g/mol. The van der Waals surface area contributed by atoms with Crippen molar-refractivity contribution in [1.29, 1.82) is 0 Å². The fourth-order valence-corrected chi connectivity index (χ4v) is 1.46. The number of rotatable bonds is 4. The molecule has 0 amide bonds. The van der Waals surface area contributed by atoms with Gasteiger partial charge in [0.05, 0.1) is 5.56 Å². The molecule has 1 rings (SSSR count). The molecule has 0 bridgehead atoms. The Morgan fingerprint density at radius 3 is 2.47 bits per heavy atom. The molecule has 0 heterocycles. The third-order valence-corrected chi connectivity index (χ3v) is 2.21. The zero-order chi connectivity index (χ0) is 13.1. The van der Waals surface area contributed by atoms with Gasteiger partial charge >= 0.3 is 12.1 Å². The Hall–Kier alpha value is -1.59. The van der Waals surface area contributed by atoms with Gasteiger partial charge in [0, 0.05) is 6.42 Å². The second-order valence-corrected chi connectivity index (χ2v) is 3.55. The molecule has 1 aromatic rings. The Kier molecular flexibility index (Phi) is 4.09. The summed E-state index contributed by atoms with van der Waals surface area (Å²) in [6.45, 7) is 0. The Morgan fingerprint density at radius 1 is 1.29 bits per heavy atom. The number of benzene rings is 1. The molecule has 0 atom stereocenters. The number of aryl methyl sites for hydroxylation is 1. The van der Waals surface area contributed by atoms with Gasteiger partial charge in [0.1, 0.15) is 5.82 Å². The van der Waals surface area contributed by atoms with Crippen molar-refractivity contribution in [3.63, 3.8) is 0 Å². The van der Waals surface area contributed by atoms with E-state index in [1.807, 2.05) is 0 Å². The lowest BCUT2D eigenvalue weighted by atomic mass is 10.0. The molecule has 0 spiro atoms. The summed E-state index contributed by atoms with van der Waals surface area (Å²) in [5.41, 5.74) is -1.12. The number of hydrogen-bond acceptors (Lipinski definition) is 1. The highest BCUT2D eigenvalue weighted by atomic mass is 19.4. The van der Waals surface area contributed by atoms with Gasteiger partial charge < -0.3 is 5.11 Å². The fraction of sp³-hybridized carbons (Fsp3) is 0.364. The topological polar surface area (TPSA) is 37.3 Å². The monoisotopic (exact) mass is 250 g/mol. The number of halogens is 4. The van der Waals surface area contributed by atoms with E-state index in [1.54, 1.807) is 0 Å². The van der Waals surface area contributed by atoms with Crippen LogP contribution in [0, 0.1) is 5.82 Å². The highest BCUT2D eigenvalue weighted by Crippen LogP contribution is 2.33. The first-order chi connectivity index (χ1) is 7.80. The minimum atomic E-state index is -4.62. The zero-order valence-corrected chi connectivity index (χ0v) is 8.72. The summed E-state index contributed by atoms with van der Waals surface area (Å²) < 4.78 is 50.3. The summed E-state index contributed by atoms with van der Waals surface area (Å²) in [5, 5.41) is 8.38. The standard InChI is InChI=1S/C11H10F4O2/c12-8-5-4-7(2-1-3-10(16)17)9(6-8)11(13,14)15/h4-6H,1-3H2,(H,16,17). The van der Waals surface area contributed by atoms with E-state index in [2.05, 4.69) is 0 Å². The molecule has 0 aliphatic rings. The summed E-state index contributed by atoms with van der Waals surface area (Å²) >= 11 is 0. The van der Waals surface area contributed by atoms with E-state index in [-0.39, 0.29) is 24.8 Å². The van der Waals surface area contributed by atoms with Gasteiger partial charge in [-0.25, -0.2) is 4.39 Å². The average Bonchev–Trinajstić information content (AvgIpc) is 2.18. The number of carboxylic acids is 1. The van der Waals surface area contributed by atoms with Gasteiger partial charge in [-0.3, -0.25) is 4.79 Å². The molecule has 0 saturated carbocycles. The highest BCUT2D eigenvalue weighted by Gasteiger charge is 2.33. The van der Waals surface area contributed by atoms with Crippen LogP contribution in [-0.4, -0.2) is 11.1 Å². The van der Waals surface area contributed by atoms with Gasteiger partial charge in [0.2, 0.25) is 0 Å². The molecule has 0 radical (unpaired) electrons. The molecule has 0 aliphatic carbocycles. The first-order valence-corrected chi connectivity index (χ1v) is 4.88. The van der Waals surface area contributed by atoms with Crippen LogP contribution in [0.4, 0.5) is 17.6 Å². The van der Waals surface area contributed by atoms with Crippen LogP contribution in [0.2, 0.25) is 0 Å². The van der Waals surface area contributed by atoms with E-state index < -0.39 is 23.5 Å². The van der Waals surface area contributed by atoms with Crippen molar-refractivity contribution >= 4 is 5.97 Å². The summed E-state index contributed by atoms with van der Waals surface area (Å²) in [7, 11) is 0. The molecule has 1 N–H and O–H groups in total. The Labute approximate surface area is 94.9 Å². The van der Waals surface area contributed by atoms with Crippen LogP contribution in [0.1, 0.15) is 24.0 Å². The van der Waals surface area contributed by atoms with E-state index in [0.29, 0.717) is 6.07 Å². The molecular formula is C11H10F4O2. The lowest BCUT2D eigenvalue weighted by molar-refractivity contribution is -0.138. The molecule has 1 aromatic carbocycles. The Balaban J connectivity index is 2.87. The van der Waals surface area contributed by atoms with Crippen molar-refractivity contribution in [3.8, 4) is 0 Å². The third kappa shape index (κ3) is 4.05. The second kappa shape index (κ2) is 5.16. The SMILES string of the molecule is O=C(O)CCCc1ccc(F)cc1C(F)(F)F. The van der Waals surface area contributed by atoms with Crippen LogP contribution in [0.3, 0.4) is 0 Å². The molecule has 6 heteroatoms. The minimum absolute atomic E-state index is 0.0403. The largest absolute Gasteiger partial charge is 0.481 e. The van der Waals surface area contributed by atoms with E-state index in [4.69, 9.17) is 5.11 Å². The predicted molar refractivity (Wildman–Crippen MR) is 52.0 cm³/mol. The first-order valence-electron chi connectivity index (χ1n) is 4.88. The van der Waals surface area contributed by atoms with Crippen molar-refractivity contribution in [2.45, 2.75) is 25.4 Å². The van der Waals surface area contributed by atoms with E-state index in [9.17, 15) is 22.4 Å². The molecule has 0 saturated heterocycles. The molecule has 94 valence electrons. The van der Waals surface area contributed by atoms with Gasteiger partial charge in [-0.05, 0) is 30.5 Å². The van der Waals surface area contributed by atoms with Gasteiger partial charge in [0.15, 0.2) is 0 Å². The summed E-state index contributed by atoms with van der Waals surface area (Å²) in [6, 6.07) is 2.40. The highest BCUT2D eigenvalue weighted by molar-refractivity contribution is 5.66. The maximum Gasteiger partial charge on any atom is 0.416 e. The van der Waals surface area contributed by atoms with Crippen LogP contribution in [0.25, 0.3) is 0 Å². The Morgan fingerprint density at radius 2 is 1.94 bits per heavy atom. The van der Waals surface area contributed by atoms with E-state index in [1.165, 1.54) is 0 Å². The molecular weight excluding hydrogens is 240 g/mol. The predicted octanol–water partition coefficient (Wildman–Crippen LogP) is 3.25. The molecule has 0 unspecified atom stereocenters. The van der Waals surface area contributed by atoms with E-state index >= 15 is 0 Å². The zero-order valence-electron chi connectivity index (χ0n) is 8.72. The number of carboxylic acid groups (broad SMARTS) is 1. The normalized spacial score (nSPS) is 11.5. The maximum absolute atomic E-state index is 12.7. The fourth-order valence-electron chi connectivity index (χ4n) is 1.46. The van der Waals surface area contributed by atoms with Crippen LogP contribution >= 0.6 is 0 Å². The minimum Gasteiger partial charge on any atom is -0.481 e. The molecule has 17 heavy (non-hydrogen) atoms. The summed E-state index contributed by atoms with van der Waals surface area (Å²) in [6.07, 6.45) is -4.79. The van der Waals surface area contributed by atoms with Crippen molar-refractivity contribution in [1.82, 2.24) is 0 Å². The van der Waals surface area contributed by atoms with Gasteiger partial charge in [-0.2, -0.15) is 13.2 Å². The lowest BCUT2D eigenvalue weighted by Gasteiger charge is -2.12. The number of carbonyl (C=O) groups is 1. The van der Waals surface area contributed by atoms with Gasteiger partial charge in [0.25, 0.3) is 0 Å². The van der Waals surface area contributed by atoms with Crippen LogP contribution in [0.15, 0.2) is 18.2 Å². The first kappa shape index (κ1) is 13.5.